The van der Waals surface area contributed by atoms with Crippen LogP contribution < -0.4 is 5.32 Å². The Morgan fingerprint density at radius 3 is 2.96 bits per heavy atom. The van der Waals surface area contributed by atoms with Crippen LogP contribution in [0.3, 0.4) is 0 Å². The minimum atomic E-state index is -0.358. The van der Waals surface area contributed by atoms with Crippen molar-refractivity contribution in [2.45, 2.75) is 11.9 Å². The van der Waals surface area contributed by atoms with E-state index in [0.717, 1.165) is 5.69 Å². The second-order valence-corrected chi connectivity index (χ2v) is 7.46. The van der Waals surface area contributed by atoms with Gasteiger partial charge >= 0.3 is 0 Å². The Morgan fingerprint density at radius 2 is 2.19 bits per heavy atom. The SMILES string of the molecule is Cc1csc(NC(=O)CSc2ccc3nnc(-c4cccc(F)c4)n3n2)n1. The smallest absolute Gasteiger partial charge is 0.236 e. The molecule has 136 valence electrons. The van der Waals surface area contributed by atoms with Gasteiger partial charge in [0.25, 0.3) is 0 Å². The number of aromatic nitrogens is 5. The molecular formula is C17H13FN6OS2. The largest absolute Gasteiger partial charge is 0.301 e. The van der Waals surface area contributed by atoms with Crippen molar-refractivity contribution in [3.05, 3.63) is 53.3 Å². The molecule has 4 aromatic rings. The van der Waals surface area contributed by atoms with E-state index >= 15 is 0 Å². The van der Waals surface area contributed by atoms with Gasteiger partial charge in [0.2, 0.25) is 5.91 Å². The molecule has 0 saturated carbocycles. The van der Waals surface area contributed by atoms with Gasteiger partial charge in [0.05, 0.1) is 11.4 Å². The van der Waals surface area contributed by atoms with Gasteiger partial charge < -0.3 is 5.32 Å². The van der Waals surface area contributed by atoms with Crippen molar-refractivity contribution in [2.75, 3.05) is 11.1 Å². The lowest BCUT2D eigenvalue weighted by molar-refractivity contribution is -0.113. The van der Waals surface area contributed by atoms with E-state index in [1.165, 1.54) is 35.2 Å². The molecule has 1 N–H and O–H groups in total. The van der Waals surface area contributed by atoms with Crippen molar-refractivity contribution in [3.63, 3.8) is 0 Å². The summed E-state index contributed by atoms with van der Waals surface area (Å²) in [6.45, 7) is 1.87. The van der Waals surface area contributed by atoms with E-state index < -0.39 is 0 Å². The Bertz CT molecular complexity index is 1130. The molecule has 4 rings (SSSR count). The summed E-state index contributed by atoms with van der Waals surface area (Å²) in [5.74, 6) is 0.109. The molecule has 0 bridgehead atoms. The number of hydrogen-bond acceptors (Lipinski definition) is 7. The van der Waals surface area contributed by atoms with E-state index in [1.807, 2.05) is 12.3 Å². The standard InChI is InChI=1S/C17H13FN6OS2/c1-10-8-27-17(19-10)20-14(25)9-26-15-6-5-13-21-22-16(24(13)23-15)11-3-2-4-12(18)7-11/h2-8H,9H2,1H3,(H,19,20,25). The van der Waals surface area contributed by atoms with Crippen molar-refractivity contribution < 1.29 is 9.18 Å². The molecule has 0 aliphatic rings. The van der Waals surface area contributed by atoms with Gasteiger partial charge in [-0.2, -0.15) is 9.61 Å². The molecule has 0 fully saturated rings. The van der Waals surface area contributed by atoms with Gasteiger partial charge in [-0.3, -0.25) is 4.79 Å². The number of nitrogens with one attached hydrogen (secondary N) is 1. The highest BCUT2D eigenvalue weighted by Gasteiger charge is 2.12. The first-order valence-corrected chi connectivity index (χ1v) is 9.78. The van der Waals surface area contributed by atoms with Gasteiger partial charge in [0.1, 0.15) is 10.8 Å². The fraction of sp³-hybridized carbons (Fsp3) is 0.118. The molecule has 0 atom stereocenters. The molecule has 0 spiro atoms. The van der Waals surface area contributed by atoms with Gasteiger partial charge in [0, 0.05) is 10.9 Å². The average molecular weight is 400 g/mol. The highest BCUT2D eigenvalue weighted by Crippen LogP contribution is 2.22. The summed E-state index contributed by atoms with van der Waals surface area (Å²) < 4.78 is 15.0. The third kappa shape index (κ3) is 3.96. The highest BCUT2D eigenvalue weighted by molar-refractivity contribution is 7.99. The maximum atomic E-state index is 13.5. The number of halogens is 1. The number of aryl methyl sites for hydroxylation is 1. The molecule has 0 unspecified atom stereocenters. The highest BCUT2D eigenvalue weighted by atomic mass is 32.2. The van der Waals surface area contributed by atoms with Crippen LogP contribution in [0.2, 0.25) is 0 Å². The third-order valence-electron chi connectivity index (χ3n) is 3.54. The van der Waals surface area contributed by atoms with Crippen molar-refractivity contribution in [1.29, 1.82) is 0 Å². The van der Waals surface area contributed by atoms with Crippen LogP contribution in [-0.2, 0) is 4.79 Å². The maximum Gasteiger partial charge on any atom is 0.236 e. The first-order valence-electron chi connectivity index (χ1n) is 7.92. The molecule has 0 radical (unpaired) electrons. The monoisotopic (exact) mass is 400 g/mol. The van der Waals surface area contributed by atoms with Crippen LogP contribution in [0.25, 0.3) is 17.0 Å². The number of fused-ring (bicyclic) bond motifs is 1. The zero-order valence-electron chi connectivity index (χ0n) is 14.1. The molecule has 0 saturated heterocycles. The summed E-state index contributed by atoms with van der Waals surface area (Å²) in [6, 6.07) is 9.61. The summed E-state index contributed by atoms with van der Waals surface area (Å²) in [4.78, 5) is 16.3. The fourth-order valence-corrected chi connectivity index (χ4v) is 3.72. The minimum Gasteiger partial charge on any atom is -0.301 e. The van der Waals surface area contributed by atoms with Gasteiger partial charge in [-0.05, 0) is 31.2 Å². The summed E-state index contributed by atoms with van der Waals surface area (Å²) >= 11 is 2.67. The number of anilines is 1. The molecule has 1 aromatic carbocycles. The van der Waals surface area contributed by atoms with Crippen LogP contribution >= 0.6 is 23.1 Å². The Balaban J connectivity index is 1.51. The van der Waals surface area contributed by atoms with Crippen molar-refractivity contribution in [3.8, 4) is 11.4 Å². The summed E-state index contributed by atoms with van der Waals surface area (Å²) in [5, 5.41) is 18.4. The predicted molar refractivity (Wildman–Crippen MR) is 102 cm³/mol. The van der Waals surface area contributed by atoms with Gasteiger partial charge in [-0.1, -0.05) is 23.9 Å². The van der Waals surface area contributed by atoms with Crippen LogP contribution in [0.4, 0.5) is 9.52 Å². The molecule has 7 nitrogen and oxygen atoms in total. The number of amides is 1. The summed E-state index contributed by atoms with van der Waals surface area (Å²) in [5.41, 5.74) is 1.99. The zero-order chi connectivity index (χ0) is 18.8. The predicted octanol–water partition coefficient (Wildman–Crippen LogP) is 3.43. The number of thioether (sulfide) groups is 1. The minimum absolute atomic E-state index is 0.162. The molecule has 0 aliphatic carbocycles. The van der Waals surface area contributed by atoms with E-state index in [1.54, 1.807) is 28.8 Å². The quantitative estimate of drug-likeness (QED) is 0.517. The van der Waals surface area contributed by atoms with Crippen LogP contribution in [0.15, 0.2) is 46.8 Å². The molecule has 0 aliphatic heterocycles. The Kier molecular flexibility index (Phi) is 4.82. The topological polar surface area (TPSA) is 85.1 Å². The number of hydrogen-bond donors (Lipinski definition) is 1. The van der Waals surface area contributed by atoms with Crippen molar-refractivity contribution in [1.82, 2.24) is 24.8 Å². The van der Waals surface area contributed by atoms with Crippen molar-refractivity contribution in [2.24, 2.45) is 0 Å². The Morgan fingerprint density at radius 1 is 1.30 bits per heavy atom. The first-order chi connectivity index (χ1) is 13.1. The molecule has 27 heavy (non-hydrogen) atoms. The zero-order valence-corrected chi connectivity index (χ0v) is 15.7. The van der Waals surface area contributed by atoms with Crippen LogP contribution in [0.1, 0.15) is 5.69 Å². The van der Waals surface area contributed by atoms with Gasteiger partial charge in [-0.25, -0.2) is 9.37 Å². The van der Waals surface area contributed by atoms with Crippen LogP contribution in [0.5, 0.6) is 0 Å². The molecule has 3 heterocycles. The lowest BCUT2D eigenvalue weighted by Crippen LogP contribution is -2.14. The number of nitrogens with zero attached hydrogens (tertiary/aromatic N) is 5. The molecular weight excluding hydrogens is 387 g/mol. The number of thiazole rings is 1. The van der Waals surface area contributed by atoms with Crippen LogP contribution in [-0.4, -0.2) is 36.5 Å². The number of benzene rings is 1. The molecule has 1 amide bonds. The second-order valence-electron chi connectivity index (χ2n) is 5.61. The van der Waals surface area contributed by atoms with Crippen molar-refractivity contribution >= 4 is 39.8 Å². The molecule has 3 aromatic heterocycles. The summed E-state index contributed by atoms with van der Waals surface area (Å²) in [6.07, 6.45) is 0. The second kappa shape index (κ2) is 7.41. The lowest BCUT2D eigenvalue weighted by atomic mass is 10.2. The Labute approximate surface area is 161 Å². The average Bonchev–Trinajstić information content (AvgIpc) is 3.25. The fourth-order valence-electron chi connectivity index (χ4n) is 2.36. The van der Waals surface area contributed by atoms with E-state index in [-0.39, 0.29) is 17.5 Å². The molecule has 10 heteroatoms. The first kappa shape index (κ1) is 17.6. The van der Waals surface area contributed by atoms with E-state index in [9.17, 15) is 9.18 Å². The number of rotatable bonds is 5. The third-order valence-corrected chi connectivity index (χ3v) is 5.33. The summed E-state index contributed by atoms with van der Waals surface area (Å²) in [7, 11) is 0. The number of carbonyl (C=O) groups is 1. The lowest BCUT2D eigenvalue weighted by Gasteiger charge is -2.03. The normalized spacial score (nSPS) is 11.0. The van der Waals surface area contributed by atoms with E-state index in [4.69, 9.17) is 0 Å². The van der Waals surface area contributed by atoms with E-state index in [2.05, 4.69) is 25.6 Å². The van der Waals surface area contributed by atoms with Gasteiger partial charge in [-0.15, -0.1) is 21.5 Å². The van der Waals surface area contributed by atoms with Crippen LogP contribution in [0, 0.1) is 12.7 Å². The number of carbonyl (C=O) groups excluding carboxylic acids is 1. The Hall–Kier alpha value is -2.85. The maximum absolute atomic E-state index is 13.5. The van der Waals surface area contributed by atoms with E-state index in [0.29, 0.717) is 27.2 Å². The van der Waals surface area contributed by atoms with Gasteiger partial charge in [0.15, 0.2) is 16.6 Å².